The van der Waals surface area contributed by atoms with Gasteiger partial charge in [-0.2, -0.15) is 0 Å². The Morgan fingerprint density at radius 3 is 2.59 bits per heavy atom. The minimum absolute atomic E-state index is 0.0349. The van der Waals surface area contributed by atoms with Gasteiger partial charge in [-0.05, 0) is 63.7 Å². The fourth-order valence-corrected chi connectivity index (χ4v) is 3.88. The number of benzene rings is 1. The molecule has 7 heteroatoms. The number of carbonyl (C=O) groups is 2. The first-order valence-corrected chi connectivity index (χ1v) is 9.13. The Labute approximate surface area is 163 Å². The van der Waals surface area contributed by atoms with Crippen LogP contribution in [-0.2, 0) is 9.59 Å². The van der Waals surface area contributed by atoms with Crippen molar-refractivity contribution in [2.45, 2.75) is 33.2 Å². The highest BCUT2D eigenvalue weighted by atomic mass is 32.1. The molecule has 1 aromatic carbocycles. The lowest BCUT2D eigenvalue weighted by Gasteiger charge is -2.43. The second-order valence-corrected chi connectivity index (χ2v) is 7.68. The fraction of sp³-hybridized carbons (Fsp3) is 0.350. The van der Waals surface area contributed by atoms with Gasteiger partial charge in [0.25, 0.3) is 11.8 Å². The van der Waals surface area contributed by atoms with Crippen molar-refractivity contribution in [1.29, 1.82) is 0 Å². The number of carbonyl (C=O) groups excluding carboxylic acids is 2. The lowest BCUT2D eigenvalue weighted by Crippen LogP contribution is -2.52. The molecule has 142 valence electrons. The summed E-state index contributed by atoms with van der Waals surface area (Å²) in [6.45, 7) is 8.90. The molecule has 27 heavy (non-hydrogen) atoms. The maximum absolute atomic E-state index is 14.9. The van der Waals surface area contributed by atoms with Crippen LogP contribution in [0.15, 0.2) is 23.8 Å². The lowest BCUT2D eigenvalue weighted by atomic mass is 9.87. The number of likely N-dealkylation sites (N-methyl/N-ethyl adjacent to an activating group) is 2. The predicted octanol–water partition coefficient (Wildman–Crippen LogP) is 3.10. The number of anilines is 1. The number of hydrogen-bond acceptors (Lipinski definition) is 4. The van der Waals surface area contributed by atoms with Crippen LogP contribution in [-0.4, -0.2) is 41.0 Å². The van der Waals surface area contributed by atoms with Crippen LogP contribution in [0.25, 0.3) is 11.6 Å². The number of fused-ring (bicyclic) bond motifs is 1. The Kier molecular flexibility index (Phi) is 4.67. The van der Waals surface area contributed by atoms with E-state index >= 15 is 0 Å². The third kappa shape index (κ3) is 3.16. The third-order valence-corrected chi connectivity index (χ3v) is 5.39. The molecule has 5 nitrogen and oxygen atoms in total. The minimum atomic E-state index is -0.621. The van der Waals surface area contributed by atoms with Gasteiger partial charge in [0.2, 0.25) is 0 Å². The van der Waals surface area contributed by atoms with Crippen LogP contribution in [0.3, 0.4) is 0 Å². The lowest BCUT2D eigenvalue weighted by molar-refractivity contribution is -0.128. The molecular weight excluding hydrogens is 365 g/mol. The molecule has 0 atom stereocenters. The molecule has 3 rings (SSSR count). The van der Waals surface area contributed by atoms with Crippen LogP contribution < -0.4 is 10.2 Å². The number of nitrogens with zero attached hydrogens (tertiary/aromatic N) is 2. The van der Waals surface area contributed by atoms with Crippen LogP contribution in [0.2, 0.25) is 0 Å². The van der Waals surface area contributed by atoms with Crippen LogP contribution >= 0.6 is 12.2 Å². The second-order valence-electron chi connectivity index (χ2n) is 7.30. The van der Waals surface area contributed by atoms with E-state index in [2.05, 4.69) is 30.1 Å². The smallest absolute Gasteiger partial charge is 0.265 e. The standard InChI is InChI=1S/C20H22FN3O2S/c1-6-24-16-9-15(21)12(7-13(16)11(2)10-20(24,3)4)8-14-17(25)22-19(27)23(5)18(14)26/h7-10H,6H2,1-5H3,(H,22,25,27)/b14-8-. The largest absolute Gasteiger partial charge is 0.363 e. The molecule has 1 aromatic rings. The molecule has 1 saturated heterocycles. The molecular formula is C20H22FN3O2S. The van der Waals surface area contributed by atoms with Crippen molar-refractivity contribution >= 4 is 46.5 Å². The van der Waals surface area contributed by atoms with E-state index in [1.807, 2.05) is 13.8 Å². The highest BCUT2D eigenvalue weighted by molar-refractivity contribution is 7.80. The van der Waals surface area contributed by atoms with Gasteiger partial charge in [-0.15, -0.1) is 0 Å². The Morgan fingerprint density at radius 2 is 1.96 bits per heavy atom. The SMILES string of the molecule is CCN1c2cc(F)c(/C=C3/C(=O)NC(=S)N(C)C3=O)cc2C(C)=CC1(C)C. The first-order chi connectivity index (χ1) is 12.6. The Hall–Kier alpha value is -2.54. The topological polar surface area (TPSA) is 52.7 Å². The Bertz CT molecular complexity index is 933. The van der Waals surface area contributed by atoms with E-state index in [-0.39, 0.29) is 21.8 Å². The van der Waals surface area contributed by atoms with E-state index in [0.29, 0.717) is 0 Å². The summed E-state index contributed by atoms with van der Waals surface area (Å²) in [7, 11) is 1.47. The Balaban J connectivity index is 2.13. The van der Waals surface area contributed by atoms with Gasteiger partial charge in [-0.3, -0.25) is 19.8 Å². The summed E-state index contributed by atoms with van der Waals surface area (Å²) in [5.74, 6) is -1.66. The molecule has 2 aliphatic heterocycles. The van der Waals surface area contributed by atoms with Gasteiger partial charge in [0, 0.05) is 30.4 Å². The maximum atomic E-state index is 14.9. The summed E-state index contributed by atoms with van der Waals surface area (Å²) in [6, 6.07) is 3.16. The van der Waals surface area contributed by atoms with E-state index in [1.165, 1.54) is 19.2 Å². The number of nitrogens with one attached hydrogen (secondary N) is 1. The van der Waals surface area contributed by atoms with Crippen molar-refractivity contribution in [2.75, 3.05) is 18.5 Å². The average Bonchev–Trinajstić information content (AvgIpc) is 2.57. The van der Waals surface area contributed by atoms with E-state index in [1.54, 1.807) is 6.07 Å². The summed E-state index contributed by atoms with van der Waals surface area (Å²) in [6.07, 6.45) is 3.42. The van der Waals surface area contributed by atoms with Crippen molar-refractivity contribution in [3.63, 3.8) is 0 Å². The highest BCUT2D eigenvalue weighted by Crippen LogP contribution is 2.40. The summed E-state index contributed by atoms with van der Waals surface area (Å²) < 4.78 is 14.9. The molecule has 2 aliphatic rings. The van der Waals surface area contributed by atoms with Gasteiger partial charge < -0.3 is 4.90 Å². The molecule has 0 saturated carbocycles. The van der Waals surface area contributed by atoms with Crippen molar-refractivity contribution in [3.8, 4) is 0 Å². The molecule has 0 unspecified atom stereocenters. The van der Waals surface area contributed by atoms with Gasteiger partial charge in [-0.1, -0.05) is 6.08 Å². The summed E-state index contributed by atoms with van der Waals surface area (Å²) >= 11 is 4.93. The van der Waals surface area contributed by atoms with Crippen LogP contribution in [0, 0.1) is 5.82 Å². The van der Waals surface area contributed by atoms with Gasteiger partial charge in [0.1, 0.15) is 11.4 Å². The van der Waals surface area contributed by atoms with Crippen LogP contribution in [0.1, 0.15) is 38.8 Å². The zero-order chi connectivity index (χ0) is 20.1. The maximum Gasteiger partial charge on any atom is 0.265 e. The monoisotopic (exact) mass is 387 g/mol. The van der Waals surface area contributed by atoms with Gasteiger partial charge in [0.15, 0.2) is 5.11 Å². The normalized spacial score (nSPS) is 20.6. The van der Waals surface area contributed by atoms with E-state index < -0.39 is 17.6 Å². The van der Waals surface area contributed by atoms with Gasteiger partial charge in [0.05, 0.1) is 5.54 Å². The molecule has 0 spiro atoms. The number of amides is 2. The first-order valence-electron chi connectivity index (χ1n) is 8.73. The Morgan fingerprint density at radius 1 is 1.30 bits per heavy atom. The van der Waals surface area contributed by atoms with E-state index in [4.69, 9.17) is 12.2 Å². The molecule has 2 amide bonds. The third-order valence-electron chi connectivity index (χ3n) is 5.02. The molecule has 1 N–H and O–H groups in total. The zero-order valence-corrected chi connectivity index (χ0v) is 16.8. The highest BCUT2D eigenvalue weighted by Gasteiger charge is 2.33. The fourth-order valence-electron chi connectivity index (χ4n) is 3.70. The molecule has 2 heterocycles. The van der Waals surface area contributed by atoms with Crippen molar-refractivity contribution in [2.24, 2.45) is 0 Å². The average molecular weight is 387 g/mol. The van der Waals surface area contributed by atoms with Crippen molar-refractivity contribution < 1.29 is 14.0 Å². The van der Waals surface area contributed by atoms with Crippen molar-refractivity contribution in [1.82, 2.24) is 10.2 Å². The molecule has 0 aliphatic carbocycles. The number of thiocarbonyl (C=S) groups is 1. The molecule has 1 fully saturated rings. The van der Waals surface area contributed by atoms with Crippen LogP contribution in [0.4, 0.5) is 10.1 Å². The summed E-state index contributed by atoms with van der Waals surface area (Å²) in [4.78, 5) is 27.8. The minimum Gasteiger partial charge on any atom is -0.363 e. The molecule has 0 radical (unpaired) electrons. The molecule has 0 aromatic heterocycles. The number of allylic oxidation sites excluding steroid dienone is 1. The second kappa shape index (κ2) is 6.56. The van der Waals surface area contributed by atoms with Crippen molar-refractivity contribution in [3.05, 3.63) is 40.7 Å². The molecule has 0 bridgehead atoms. The number of rotatable bonds is 2. The van der Waals surface area contributed by atoms with E-state index in [0.717, 1.165) is 28.3 Å². The predicted molar refractivity (Wildman–Crippen MR) is 109 cm³/mol. The van der Waals surface area contributed by atoms with Gasteiger partial charge >= 0.3 is 0 Å². The number of halogens is 1. The van der Waals surface area contributed by atoms with Gasteiger partial charge in [-0.25, -0.2) is 4.39 Å². The van der Waals surface area contributed by atoms with E-state index in [9.17, 15) is 14.0 Å². The summed E-state index contributed by atoms with van der Waals surface area (Å²) in [5.41, 5.74) is 2.54. The zero-order valence-electron chi connectivity index (χ0n) is 16.0. The first kappa shape index (κ1) is 19.2. The number of hydrogen-bond donors (Lipinski definition) is 1. The quantitative estimate of drug-likeness (QED) is 0.481. The summed E-state index contributed by atoms with van der Waals surface area (Å²) in [5, 5.41) is 2.47. The van der Waals surface area contributed by atoms with Crippen LogP contribution in [0.5, 0.6) is 0 Å².